The van der Waals surface area contributed by atoms with Crippen molar-refractivity contribution < 1.29 is 22.7 Å². The second-order valence-corrected chi connectivity index (χ2v) is 9.33. The van der Waals surface area contributed by atoms with Crippen molar-refractivity contribution in [3.8, 4) is 0 Å². The van der Waals surface area contributed by atoms with Crippen molar-refractivity contribution >= 4 is 28.0 Å². The van der Waals surface area contributed by atoms with Gasteiger partial charge in [0.2, 0.25) is 10.0 Å². The number of allylic oxidation sites excluding steroid dienone is 2. The summed E-state index contributed by atoms with van der Waals surface area (Å²) in [6, 6.07) is 7.56. The second-order valence-electron chi connectivity index (χ2n) is 7.68. The molecule has 1 saturated carbocycles. The van der Waals surface area contributed by atoms with Crippen LogP contribution in [0.2, 0.25) is 0 Å². The van der Waals surface area contributed by atoms with Gasteiger partial charge >= 0.3 is 5.97 Å². The van der Waals surface area contributed by atoms with Crippen molar-refractivity contribution in [2.24, 2.45) is 0 Å². The highest BCUT2D eigenvalue weighted by molar-refractivity contribution is 7.92. The van der Waals surface area contributed by atoms with Crippen LogP contribution in [0.4, 0.5) is 0 Å². The quantitative estimate of drug-likeness (QED) is 0.606. The number of ether oxygens (including phenoxy) is 1. The van der Waals surface area contributed by atoms with Gasteiger partial charge in [-0.15, -0.1) is 0 Å². The van der Waals surface area contributed by atoms with Crippen LogP contribution < -0.4 is 4.72 Å². The zero-order valence-corrected chi connectivity index (χ0v) is 18.0. The molecule has 8 heteroatoms. The fourth-order valence-corrected chi connectivity index (χ4v) is 4.04. The van der Waals surface area contributed by atoms with E-state index in [1.165, 1.54) is 6.08 Å². The first-order valence-electron chi connectivity index (χ1n) is 10.3. The number of hydrogen-bond acceptors (Lipinski definition) is 5. The number of esters is 1. The highest BCUT2D eigenvalue weighted by atomic mass is 32.2. The Hall–Kier alpha value is -2.45. The molecule has 0 radical (unpaired) electrons. The summed E-state index contributed by atoms with van der Waals surface area (Å²) in [5.41, 5.74) is 2.83. The van der Waals surface area contributed by atoms with E-state index in [2.05, 4.69) is 10.8 Å². The molecule has 1 aromatic rings. The van der Waals surface area contributed by atoms with Crippen LogP contribution in [-0.2, 0) is 24.3 Å². The minimum absolute atomic E-state index is 0.200. The maximum absolute atomic E-state index is 12.6. The van der Waals surface area contributed by atoms with Gasteiger partial charge in [-0.2, -0.15) is 0 Å². The third-order valence-corrected chi connectivity index (χ3v) is 6.09. The summed E-state index contributed by atoms with van der Waals surface area (Å²) < 4.78 is 31.3. The van der Waals surface area contributed by atoms with Gasteiger partial charge in [-0.3, -0.25) is 9.59 Å². The van der Waals surface area contributed by atoms with E-state index in [9.17, 15) is 18.0 Å². The monoisotopic (exact) mass is 432 g/mol. The van der Waals surface area contributed by atoms with E-state index in [0.717, 1.165) is 60.8 Å². The van der Waals surface area contributed by atoms with Crippen LogP contribution in [0.3, 0.4) is 0 Å². The van der Waals surface area contributed by atoms with Gasteiger partial charge < -0.3 is 9.64 Å². The number of rotatable bonds is 9. The molecule has 1 N–H and O–H groups in total. The molecule has 1 amide bonds. The SMILES string of the molecule is Cc1ccc(/C=C/S(=O)(=O)NCC(=O)OCC(=O)N(C2=CCCCC2)C2CC2)cc1. The Kier molecular flexibility index (Phi) is 7.44. The highest BCUT2D eigenvalue weighted by Gasteiger charge is 2.35. The molecule has 3 rings (SSSR count). The van der Waals surface area contributed by atoms with Crippen LogP contribution >= 0.6 is 0 Å². The van der Waals surface area contributed by atoms with Crippen molar-refractivity contribution in [3.05, 3.63) is 52.6 Å². The Labute approximate surface area is 177 Å². The van der Waals surface area contributed by atoms with Gasteiger partial charge in [-0.25, -0.2) is 13.1 Å². The molecule has 0 aliphatic heterocycles. The van der Waals surface area contributed by atoms with E-state index in [0.29, 0.717) is 0 Å². The number of hydrogen-bond donors (Lipinski definition) is 1. The lowest BCUT2D eigenvalue weighted by Crippen LogP contribution is -2.37. The van der Waals surface area contributed by atoms with E-state index in [1.54, 1.807) is 17.0 Å². The van der Waals surface area contributed by atoms with Crippen molar-refractivity contribution in [1.82, 2.24) is 9.62 Å². The van der Waals surface area contributed by atoms with Gasteiger partial charge in [-0.05, 0) is 57.1 Å². The zero-order valence-electron chi connectivity index (χ0n) is 17.2. The van der Waals surface area contributed by atoms with Crippen LogP contribution in [0.15, 0.2) is 41.4 Å². The number of amides is 1. The molecule has 162 valence electrons. The summed E-state index contributed by atoms with van der Waals surface area (Å²) in [5, 5.41) is 1.00. The topological polar surface area (TPSA) is 92.8 Å². The maximum Gasteiger partial charge on any atom is 0.321 e. The molecular weight excluding hydrogens is 404 g/mol. The van der Waals surface area contributed by atoms with Crippen molar-refractivity contribution in [3.63, 3.8) is 0 Å². The normalized spacial score (nSPS) is 16.9. The number of sulfonamides is 1. The van der Waals surface area contributed by atoms with Gasteiger partial charge in [0.15, 0.2) is 6.61 Å². The lowest BCUT2D eigenvalue weighted by molar-refractivity contribution is -0.150. The molecule has 0 spiro atoms. The van der Waals surface area contributed by atoms with Gasteiger partial charge in [0, 0.05) is 17.1 Å². The fraction of sp³-hybridized carbons (Fsp3) is 0.455. The Morgan fingerprint density at radius 1 is 1.20 bits per heavy atom. The molecule has 30 heavy (non-hydrogen) atoms. The molecule has 0 bridgehead atoms. The van der Waals surface area contributed by atoms with Crippen LogP contribution in [0, 0.1) is 6.92 Å². The van der Waals surface area contributed by atoms with Crippen LogP contribution in [-0.4, -0.2) is 44.4 Å². The third kappa shape index (κ3) is 6.81. The number of aryl methyl sites for hydroxylation is 1. The van der Waals surface area contributed by atoms with E-state index in [1.807, 2.05) is 19.1 Å². The van der Waals surface area contributed by atoms with Crippen molar-refractivity contribution in [2.45, 2.75) is 51.5 Å². The Morgan fingerprint density at radius 3 is 2.57 bits per heavy atom. The lowest BCUT2D eigenvalue weighted by atomic mass is 10.0. The molecule has 0 atom stereocenters. The number of carbonyl (C=O) groups excluding carboxylic acids is 2. The first-order valence-corrected chi connectivity index (χ1v) is 11.8. The van der Waals surface area contributed by atoms with Gasteiger partial charge in [0.05, 0.1) is 0 Å². The van der Waals surface area contributed by atoms with E-state index in [4.69, 9.17) is 4.74 Å². The predicted molar refractivity (Wildman–Crippen MR) is 115 cm³/mol. The zero-order chi connectivity index (χ0) is 21.6. The molecule has 2 aliphatic carbocycles. The number of nitrogens with zero attached hydrogens (tertiary/aromatic N) is 1. The average molecular weight is 433 g/mol. The van der Waals surface area contributed by atoms with E-state index in [-0.39, 0.29) is 18.6 Å². The largest absolute Gasteiger partial charge is 0.455 e. The highest BCUT2D eigenvalue weighted by Crippen LogP contribution is 2.33. The van der Waals surface area contributed by atoms with Gasteiger partial charge in [0.1, 0.15) is 6.54 Å². The lowest BCUT2D eigenvalue weighted by Gasteiger charge is -2.27. The van der Waals surface area contributed by atoms with Crippen molar-refractivity contribution in [2.75, 3.05) is 13.2 Å². The molecule has 1 fully saturated rings. The molecule has 0 saturated heterocycles. The third-order valence-electron chi connectivity index (χ3n) is 5.05. The minimum atomic E-state index is -3.80. The average Bonchev–Trinajstić information content (AvgIpc) is 3.56. The summed E-state index contributed by atoms with van der Waals surface area (Å²) in [6.07, 6.45) is 9.48. The molecule has 0 aromatic heterocycles. The smallest absolute Gasteiger partial charge is 0.321 e. The summed E-state index contributed by atoms with van der Waals surface area (Å²) in [4.78, 5) is 26.3. The molecule has 0 heterocycles. The molecule has 1 aromatic carbocycles. The van der Waals surface area contributed by atoms with Crippen molar-refractivity contribution in [1.29, 1.82) is 0 Å². The number of nitrogens with one attached hydrogen (secondary N) is 1. The maximum atomic E-state index is 12.6. The van der Waals surface area contributed by atoms with Crippen LogP contribution in [0.5, 0.6) is 0 Å². The molecule has 7 nitrogen and oxygen atoms in total. The standard InChI is InChI=1S/C22H28N2O5S/c1-17-7-9-18(10-8-17)13-14-30(27,28)23-15-22(26)29-16-21(25)24(20-11-12-20)19-5-3-2-4-6-19/h5,7-10,13-14,20,23H,2-4,6,11-12,15-16H2,1H3/b14-13+. The minimum Gasteiger partial charge on any atom is -0.455 e. The van der Waals surface area contributed by atoms with Crippen LogP contribution in [0.25, 0.3) is 6.08 Å². The summed E-state index contributed by atoms with van der Waals surface area (Å²) in [7, 11) is -3.80. The number of benzene rings is 1. The van der Waals surface area contributed by atoms with E-state index < -0.39 is 22.5 Å². The summed E-state index contributed by atoms with van der Waals surface area (Å²) in [5.74, 6) is -1.04. The molecule has 2 aliphatic rings. The predicted octanol–water partition coefficient (Wildman–Crippen LogP) is 2.88. The summed E-state index contributed by atoms with van der Waals surface area (Å²) >= 11 is 0. The Morgan fingerprint density at radius 2 is 1.93 bits per heavy atom. The Balaban J connectivity index is 1.46. The number of carbonyl (C=O) groups is 2. The Bertz CT molecular complexity index is 931. The van der Waals surface area contributed by atoms with E-state index >= 15 is 0 Å². The second kappa shape index (κ2) is 10.0. The first-order chi connectivity index (χ1) is 14.3. The fourth-order valence-electron chi connectivity index (χ4n) is 3.29. The van der Waals surface area contributed by atoms with Crippen LogP contribution in [0.1, 0.15) is 49.7 Å². The molecule has 0 unspecified atom stereocenters. The first kappa shape index (κ1) is 22.2. The van der Waals surface area contributed by atoms with Gasteiger partial charge in [-0.1, -0.05) is 35.9 Å². The summed E-state index contributed by atoms with van der Waals surface area (Å²) in [6.45, 7) is 1.03. The van der Waals surface area contributed by atoms with Gasteiger partial charge in [0.25, 0.3) is 5.91 Å². The molecular formula is C22H28N2O5S.